The molecule has 2 N–H and O–H groups in total. The number of hydrogen-bond donors (Lipinski definition) is 2. The van der Waals surface area contributed by atoms with E-state index in [1.807, 2.05) is 0 Å². The second-order valence-electron chi connectivity index (χ2n) is 5.17. The van der Waals surface area contributed by atoms with Crippen LogP contribution in [0.15, 0.2) is 55.4 Å². The van der Waals surface area contributed by atoms with Gasteiger partial charge in [-0.25, -0.2) is 9.50 Å². The van der Waals surface area contributed by atoms with Gasteiger partial charge >= 0.3 is 0 Å². The molecule has 0 aliphatic rings. The molecule has 0 fully saturated rings. The molecule has 3 aromatic rings. The SMILES string of the molecule is C=CC(=O)Nc1ccc(C(=O)NCCc2nc3ncccn3n2)cc1. The highest BCUT2D eigenvalue weighted by Crippen LogP contribution is 2.09. The Labute approximate surface area is 143 Å². The van der Waals surface area contributed by atoms with Gasteiger partial charge in [-0.05, 0) is 36.4 Å². The number of aromatic nitrogens is 4. The Balaban J connectivity index is 1.53. The standard InChI is InChI=1S/C17H16N6O2/c1-2-15(24)20-13-6-4-12(5-7-13)16(25)18-10-8-14-21-17-19-9-3-11-23(17)22-14/h2-7,9,11H,1,8,10H2,(H,18,25)(H,20,24). The second kappa shape index (κ2) is 7.35. The number of anilines is 1. The topological polar surface area (TPSA) is 101 Å². The molecule has 1 aromatic carbocycles. The summed E-state index contributed by atoms with van der Waals surface area (Å²) in [5.41, 5.74) is 1.10. The Hall–Kier alpha value is -3.55. The van der Waals surface area contributed by atoms with Gasteiger partial charge in [0.15, 0.2) is 5.82 Å². The molecule has 0 saturated carbocycles. The zero-order valence-corrected chi connectivity index (χ0v) is 13.3. The fraction of sp³-hybridized carbons (Fsp3) is 0.118. The van der Waals surface area contributed by atoms with Gasteiger partial charge < -0.3 is 10.6 Å². The molecule has 0 aliphatic heterocycles. The van der Waals surface area contributed by atoms with E-state index in [0.29, 0.717) is 35.8 Å². The normalized spacial score (nSPS) is 10.4. The van der Waals surface area contributed by atoms with Crippen molar-refractivity contribution < 1.29 is 9.59 Å². The predicted octanol–water partition coefficient (Wildman–Crippen LogP) is 1.22. The van der Waals surface area contributed by atoms with Crippen molar-refractivity contribution in [2.24, 2.45) is 0 Å². The smallest absolute Gasteiger partial charge is 0.252 e. The van der Waals surface area contributed by atoms with Crippen LogP contribution in [0.4, 0.5) is 5.69 Å². The minimum absolute atomic E-state index is 0.205. The monoisotopic (exact) mass is 336 g/mol. The van der Waals surface area contributed by atoms with Crippen LogP contribution in [-0.4, -0.2) is 37.9 Å². The lowest BCUT2D eigenvalue weighted by Crippen LogP contribution is -2.26. The molecule has 0 spiro atoms. The molecule has 3 rings (SSSR count). The number of hydrogen-bond acceptors (Lipinski definition) is 5. The Kier molecular flexibility index (Phi) is 4.79. The van der Waals surface area contributed by atoms with Crippen molar-refractivity contribution in [2.45, 2.75) is 6.42 Å². The quantitative estimate of drug-likeness (QED) is 0.659. The second-order valence-corrected chi connectivity index (χ2v) is 5.17. The molecule has 0 aliphatic carbocycles. The Bertz CT molecular complexity index is 883. The molecule has 0 atom stereocenters. The Morgan fingerprint density at radius 2 is 2.04 bits per heavy atom. The maximum atomic E-state index is 12.1. The van der Waals surface area contributed by atoms with E-state index >= 15 is 0 Å². The number of amides is 2. The lowest BCUT2D eigenvalue weighted by molar-refractivity contribution is -0.111. The van der Waals surface area contributed by atoms with Crippen LogP contribution in [0.25, 0.3) is 5.78 Å². The number of carbonyl (C=O) groups excluding carboxylic acids is 2. The zero-order valence-electron chi connectivity index (χ0n) is 13.3. The van der Waals surface area contributed by atoms with Gasteiger partial charge in [-0.15, -0.1) is 5.10 Å². The van der Waals surface area contributed by atoms with Gasteiger partial charge in [0.25, 0.3) is 11.7 Å². The highest BCUT2D eigenvalue weighted by molar-refractivity contribution is 5.99. The van der Waals surface area contributed by atoms with Gasteiger partial charge in [0, 0.05) is 36.6 Å². The molecule has 25 heavy (non-hydrogen) atoms. The fourth-order valence-corrected chi connectivity index (χ4v) is 2.17. The van der Waals surface area contributed by atoms with E-state index < -0.39 is 0 Å². The summed E-state index contributed by atoms with van der Waals surface area (Å²) in [4.78, 5) is 31.7. The predicted molar refractivity (Wildman–Crippen MR) is 92.1 cm³/mol. The van der Waals surface area contributed by atoms with Crippen molar-refractivity contribution in [1.82, 2.24) is 24.9 Å². The third-order valence-electron chi connectivity index (χ3n) is 3.39. The van der Waals surface area contributed by atoms with Gasteiger partial charge in [0.05, 0.1) is 0 Å². The van der Waals surface area contributed by atoms with Crippen LogP contribution in [0.2, 0.25) is 0 Å². The average Bonchev–Trinajstić information content (AvgIpc) is 3.05. The minimum Gasteiger partial charge on any atom is -0.352 e. The highest BCUT2D eigenvalue weighted by Gasteiger charge is 2.08. The summed E-state index contributed by atoms with van der Waals surface area (Å²) in [6.07, 6.45) is 5.10. The number of nitrogens with zero attached hydrogens (tertiary/aromatic N) is 4. The minimum atomic E-state index is -0.299. The van der Waals surface area contributed by atoms with E-state index in [-0.39, 0.29) is 11.8 Å². The summed E-state index contributed by atoms with van der Waals surface area (Å²) in [6.45, 7) is 3.79. The summed E-state index contributed by atoms with van der Waals surface area (Å²) in [5, 5.41) is 9.71. The molecule has 0 radical (unpaired) electrons. The first kappa shape index (κ1) is 16.3. The van der Waals surface area contributed by atoms with Crippen molar-refractivity contribution in [2.75, 3.05) is 11.9 Å². The van der Waals surface area contributed by atoms with Crippen LogP contribution >= 0.6 is 0 Å². The van der Waals surface area contributed by atoms with Gasteiger partial charge in [0.2, 0.25) is 5.91 Å². The first-order chi connectivity index (χ1) is 12.2. The van der Waals surface area contributed by atoms with Gasteiger partial charge in [-0.2, -0.15) is 4.98 Å². The van der Waals surface area contributed by atoms with E-state index in [9.17, 15) is 9.59 Å². The Morgan fingerprint density at radius 3 is 2.76 bits per heavy atom. The van der Waals surface area contributed by atoms with E-state index in [1.54, 1.807) is 47.2 Å². The maximum Gasteiger partial charge on any atom is 0.252 e. The molecular weight excluding hydrogens is 320 g/mol. The number of fused-ring (bicyclic) bond motifs is 1. The van der Waals surface area contributed by atoms with Crippen molar-refractivity contribution in [3.63, 3.8) is 0 Å². The largest absolute Gasteiger partial charge is 0.352 e. The van der Waals surface area contributed by atoms with E-state index in [2.05, 4.69) is 32.3 Å². The van der Waals surface area contributed by atoms with Crippen molar-refractivity contribution in [1.29, 1.82) is 0 Å². The molecule has 0 unspecified atom stereocenters. The fourth-order valence-electron chi connectivity index (χ4n) is 2.17. The number of rotatable bonds is 6. The molecule has 126 valence electrons. The van der Waals surface area contributed by atoms with Crippen LogP contribution < -0.4 is 10.6 Å². The highest BCUT2D eigenvalue weighted by atomic mass is 16.2. The third kappa shape index (κ3) is 4.05. The van der Waals surface area contributed by atoms with Crippen molar-refractivity contribution in [3.8, 4) is 0 Å². The molecule has 2 amide bonds. The van der Waals surface area contributed by atoms with Gasteiger partial charge in [0.1, 0.15) is 0 Å². The molecular formula is C17H16N6O2. The van der Waals surface area contributed by atoms with Crippen LogP contribution in [0, 0.1) is 0 Å². The summed E-state index contributed by atoms with van der Waals surface area (Å²) < 4.78 is 1.59. The first-order valence-electron chi connectivity index (χ1n) is 7.63. The molecule has 2 aromatic heterocycles. The first-order valence-corrected chi connectivity index (χ1v) is 7.63. The molecule has 0 saturated heterocycles. The van der Waals surface area contributed by atoms with E-state index in [1.165, 1.54) is 6.08 Å². The van der Waals surface area contributed by atoms with Gasteiger partial charge in [-0.1, -0.05) is 6.58 Å². The average molecular weight is 336 g/mol. The lowest BCUT2D eigenvalue weighted by Gasteiger charge is -2.06. The van der Waals surface area contributed by atoms with Gasteiger partial charge in [-0.3, -0.25) is 9.59 Å². The van der Waals surface area contributed by atoms with Crippen LogP contribution in [0.3, 0.4) is 0 Å². The van der Waals surface area contributed by atoms with Crippen molar-refractivity contribution >= 4 is 23.3 Å². The lowest BCUT2D eigenvalue weighted by atomic mass is 10.2. The summed E-state index contributed by atoms with van der Waals surface area (Å²) in [6, 6.07) is 8.37. The zero-order chi connectivity index (χ0) is 17.6. The van der Waals surface area contributed by atoms with E-state index in [0.717, 1.165) is 0 Å². The van der Waals surface area contributed by atoms with E-state index in [4.69, 9.17) is 0 Å². The summed E-state index contributed by atoms with van der Waals surface area (Å²) in [7, 11) is 0. The van der Waals surface area contributed by atoms with Crippen LogP contribution in [0.1, 0.15) is 16.2 Å². The molecule has 8 heteroatoms. The Morgan fingerprint density at radius 1 is 1.24 bits per heavy atom. The maximum absolute atomic E-state index is 12.1. The molecule has 2 heterocycles. The van der Waals surface area contributed by atoms with Crippen LogP contribution in [0.5, 0.6) is 0 Å². The molecule has 8 nitrogen and oxygen atoms in total. The number of carbonyl (C=O) groups is 2. The third-order valence-corrected chi connectivity index (χ3v) is 3.39. The van der Waals surface area contributed by atoms with Crippen LogP contribution in [-0.2, 0) is 11.2 Å². The summed E-state index contributed by atoms with van der Waals surface area (Å²) in [5.74, 6) is 0.637. The number of nitrogens with one attached hydrogen (secondary N) is 2. The molecule has 0 bridgehead atoms. The van der Waals surface area contributed by atoms with Crippen molar-refractivity contribution in [3.05, 3.63) is 66.8 Å². The number of benzene rings is 1. The summed E-state index contributed by atoms with van der Waals surface area (Å²) >= 11 is 0.